The van der Waals surface area contributed by atoms with Crippen molar-refractivity contribution in [3.05, 3.63) is 95.3 Å². The number of amides is 1. The Morgan fingerprint density at radius 2 is 1.61 bits per heavy atom. The van der Waals surface area contributed by atoms with Gasteiger partial charge in [-0.15, -0.1) is 0 Å². The Morgan fingerprint density at radius 3 is 2.22 bits per heavy atom. The first kappa shape index (κ1) is 25.2. The van der Waals surface area contributed by atoms with Crippen LogP contribution in [-0.2, 0) is 28.9 Å². The third-order valence-electron chi connectivity index (χ3n) is 5.99. The fourth-order valence-electron chi connectivity index (χ4n) is 3.90. The predicted octanol–water partition coefficient (Wildman–Crippen LogP) is 5.28. The molecule has 2 aromatic carbocycles. The number of ether oxygens (including phenoxy) is 2. The van der Waals surface area contributed by atoms with Gasteiger partial charge >= 0.3 is 12.1 Å². The van der Waals surface area contributed by atoms with E-state index >= 15 is 0 Å². The van der Waals surface area contributed by atoms with Crippen LogP contribution < -0.4 is 4.74 Å². The lowest BCUT2D eigenvalue weighted by Crippen LogP contribution is -2.40. The fraction of sp³-hybridized carbons (Fsp3) is 0.296. The molecule has 1 aromatic heterocycles. The molecule has 1 aliphatic rings. The van der Waals surface area contributed by atoms with Crippen molar-refractivity contribution >= 4 is 11.9 Å². The topological polar surface area (TPSA) is 68.7 Å². The molecule has 1 fully saturated rings. The summed E-state index contributed by atoms with van der Waals surface area (Å²) in [6.07, 6.45) is -1.87. The highest BCUT2D eigenvalue weighted by atomic mass is 19.4. The minimum atomic E-state index is -4.45. The molecule has 0 spiro atoms. The van der Waals surface area contributed by atoms with E-state index < -0.39 is 11.7 Å². The first-order valence-electron chi connectivity index (χ1n) is 11.5. The second kappa shape index (κ2) is 11.2. The van der Waals surface area contributed by atoms with E-state index in [9.17, 15) is 22.8 Å². The van der Waals surface area contributed by atoms with E-state index in [1.165, 1.54) is 12.1 Å². The van der Waals surface area contributed by atoms with Crippen molar-refractivity contribution in [1.82, 2.24) is 9.88 Å². The van der Waals surface area contributed by atoms with Crippen LogP contribution in [0, 0.1) is 5.92 Å². The van der Waals surface area contributed by atoms with Gasteiger partial charge in [0.15, 0.2) is 0 Å². The Balaban J connectivity index is 1.20. The van der Waals surface area contributed by atoms with Crippen LogP contribution in [-0.4, -0.2) is 34.8 Å². The quantitative estimate of drug-likeness (QED) is 0.415. The minimum absolute atomic E-state index is 0.129. The third-order valence-corrected chi connectivity index (χ3v) is 5.99. The number of piperidine rings is 1. The van der Waals surface area contributed by atoms with E-state index in [-0.39, 0.29) is 30.0 Å². The van der Waals surface area contributed by atoms with Gasteiger partial charge in [-0.05, 0) is 66.9 Å². The normalized spacial score (nSPS) is 14.4. The lowest BCUT2D eigenvalue weighted by atomic mass is 9.96. The molecule has 1 saturated heterocycles. The van der Waals surface area contributed by atoms with Gasteiger partial charge in [0.1, 0.15) is 19.0 Å². The summed E-state index contributed by atoms with van der Waals surface area (Å²) < 4.78 is 49.3. The summed E-state index contributed by atoms with van der Waals surface area (Å²) in [6.45, 7) is 1.16. The van der Waals surface area contributed by atoms with Crippen LogP contribution in [0.1, 0.15) is 40.0 Å². The molecule has 3 aromatic rings. The SMILES string of the molecule is O=C(OCc1ccc(OCc2ccccn2)cc1)C1CCN(C(=O)c2ccc(C(F)(F)F)cc2)CC1. The number of pyridine rings is 1. The van der Waals surface area contributed by atoms with E-state index in [1.54, 1.807) is 23.2 Å². The monoisotopic (exact) mass is 498 g/mol. The van der Waals surface area contributed by atoms with Crippen molar-refractivity contribution in [3.8, 4) is 5.75 Å². The number of likely N-dealkylation sites (tertiary alicyclic amines) is 1. The number of carbonyl (C=O) groups excluding carboxylic acids is 2. The maximum Gasteiger partial charge on any atom is 0.416 e. The van der Waals surface area contributed by atoms with E-state index in [1.807, 2.05) is 30.3 Å². The standard InChI is InChI=1S/C27H25F3N2O4/c28-27(29,30)22-8-6-20(7-9-22)25(33)32-15-12-21(13-16-32)26(34)36-17-19-4-10-24(11-5-19)35-18-23-3-1-2-14-31-23/h1-11,14,21H,12-13,15-18H2. The van der Waals surface area contributed by atoms with Gasteiger partial charge in [0.2, 0.25) is 0 Å². The molecule has 0 atom stereocenters. The van der Waals surface area contributed by atoms with Crippen molar-refractivity contribution in [2.75, 3.05) is 13.1 Å². The number of benzene rings is 2. The molecule has 6 nitrogen and oxygen atoms in total. The van der Waals surface area contributed by atoms with Crippen molar-refractivity contribution in [2.45, 2.75) is 32.2 Å². The number of aromatic nitrogens is 1. The highest BCUT2D eigenvalue weighted by molar-refractivity contribution is 5.94. The minimum Gasteiger partial charge on any atom is -0.487 e. The fourth-order valence-corrected chi connectivity index (χ4v) is 3.90. The molecule has 0 saturated carbocycles. The third kappa shape index (κ3) is 6.62. The molecule has 0 aliphatic carbocycles. The van der Waals surface area contributed by atoms with Crippen LogP contribution >= 0.6 is 0 Å². The van der Waals surface area contributed by atoms with E-state index in [0.717, 1.165) is 23.4 Å². The lowest BCUT2D eigenvalue weighted by Gasteiger charge is -2.31. The average Bonchev–Trinajstić information content (AvgIpc) is 2.91. The molecule has 1 aliphatic heterocycles. The highest BCUT2D eigenvalue weighted by Gasteiger charge is 2.31. The molecule has 4 rings (SSSR count). The Bertz CT molecular complexity index is 1160. The van der Waals surface area contributed by atoms with Crippen LogP contribution in [0.2, 0.25) is 0 Å². The van der Waals surface area contributed by atoms with Gasteiger partial charge in [0.05, 0.1) is 17.2 Å². The zero-order chi connectivity index (χ0) is 25.5. The Labute approximate surface area is 206 Å². The first-order chi connectivity index (χ1) is 17.3. The predicted molar refractivity (Wildman–Crippen MR) is 125 cm³/mol. The van der Waals surface area contributed by atoms with Crippen molar-refractivity contribution < 1.29 is 32.2 Å². The second-order valence-corrected chi connectivity index (χ2v) is 8.50. The Kier molecular flexibility index (Phi) is 7.87. The van der Waals surface area contributed by atoms with E-state index in [0.29, 0.717) is 38.3 Å². The molecular formula is C27H25F3N2O4. The number of carbonyl (C=O) groups is 2. The zero-order valence-electron chi connectivity index (χ0n) is 19.4. The Morgan fingerprint density at radius 1 is 0.917 bits per heavy atom. The van der Waals surface area contributed by atoms with Gasteiger partial charge in [0.25, 0.3) is 5.91 Å². The van der Waals surface area contributed by atoms with Gasteiger partial charge in [-0.2, -0.15) is 13.2 Å². The van der Waals surface area contributed by atoms with Crippen LogP contribution in [0.5, 0.6) is 5.75 Å². The van der Waals surface area contributed by atoms with Gasteiger partial charge in [-0.1, -0.05) is 18.2 Å². The maximum absolute atomic E-state index is 12.7. The molecule has 0 N–H and O–H groups in total. The molecule has 0 unspecified atom stereocenters. The van der Waals surface area contributed by atoms with Crippen LogP contribution in [0.25, 0.3) is 0 Å². The summed E-state index contributed by atoms with van der Waals surface area (Å²) in [4.78, 5) is 30.9. The zero-order valence-corrected chi connectivity index (χ0v) is 19.4. The van der Waals surface area contributed by atoms with Crippen LogP contribution in [0.4, 0.5) is 13.2 Å². The smallest absolute Gasteiger partial charge is 0.416 e. The van der Waals surface area contributed by atoms with Crippen LogP contribution in [0.3, 0.4) is 0 Å². The van der Waals surface area contributed by atoms with Gasteiger partial charge in [-0.25, -0.2) is 0 Å². The molecule has 2 heterocycles. The maximum atomic E-state index is 12.7. The largest absolute Gasteiger partial charge is 0.487 e. The number of rotatable bonds is 7. The summed E-state index contributed by atoms with van der Waals surface area (Å²) in [5.74, 6) is -0.323. The molecule has 36 heavy (non-hydrogen) atoms. The lowest BCUT2D eigenvalue weighted by molar-refractivity contribution is -0.151. The summed E-state index contributed by atoms with van der Waals surface area (Å²) in [7, 11) is 0. The Hall–Kier alpha value is -3.88. The summed E-state index contributed by atoms with van der Waals surface area (Å²) >= 11 is 0. The van der Waals surface area contributed by atoms with Crippen molar-refractivity contribution in [3.63, 3.8) is 0 Å². The highest BCUT2D eigenvalue weighted by Crippen LogP contribution is 2.29. The molecule has 188 valence electrons. The first-order valence-corrected chi connectivity index (χ1v) is 11.5. The summed E-state index contributed by atoms with van der Waals surface area (Å²) in [5.41, 5.74) is 1.04. The molecule has 9 heteroatoms. The van der Waals surface area contributed by atoms with Gasteiger partial charge in [-0.3, -0.25) is 14.6 Å². The van der Waals surface area contributed by atoms with Crippen molar-refractivity contribution in [1.29, 1.82) is 0 Å². The number of halogens is 3. The number of alkyl halides is 3. The number of hydrogen-bond acceptors (Lipinski definition) is 5. The number of esters is 1. The summed E-state index contributed by atoms with van der Waals surface area (Å²) in [6, 6.07) is 17.0. The average molecular weight is 499 g/mol. The molecule has 0 bridgehead atoms. The van der Waals surface area contributed by atoms with Gasteiger partial charge in [0, 0.05) is 24.8 Å². The van der Waals surface area contributed by atoms with Crippen LogP contribution in [0.15, 0.2) is 72.9 Å². The number of hydrogen-bond donors (Lipinski definition) is 0. The molecular weight excluding hydrogens is 473 g/mol. The molecule has 1 amide bonds. The van der Waals surface area contributed by atoms with E-state index in [2.05, 4.69) is 4.98 Å². The second-order valence-electron chi connectivity index (χ2n) is 8.50. The van der Waals surface area contributed by atoms with Crippen molar-refractivity contribution in [2.24, 2.45) is 5.92 Å². The molecule has 0 radical (unpaired) electrons. The number of nitrogens with zero attached hydrogens (tertiary/aromatic N) is 2. The van der Waals surface area contributed by atoms with E-state index in [4.69, 9.17) is 9.47 Å². The van der Waals surface area contributed by atoms with Gasteiger partial charge < -0.3 is 14.4 Å². The summed E-state index contributed by atoms with van der Waals surface area (Å²) in [5, 5.41) is 0.